The molecule has 1 aliphatic heterocycles. The number of H-pyrrole nitrogens is 2. The zero-order chi connectivity index (χ0) is 23.2. The number of nitrogens with one attached hydrogen (secondary N) is 2. The summed E-state index contributed by atoms with van der Waals surface area (Å²) in [6.07, 6.45) is 5.52. The Kier molecular flexibility index (Phi) is 5.01. The molecule has 34 heavy (non-hydrogen) atoms. The van der Waals surface area contributed by atoms with E-state index in [2.05, 4.69) is 33.4 Å². The highest BCUT2D eigenvalue weighted by Gasteiger charge is 2.37. The van der Waals surface area contributed by atoms with Gasteiger partial charge in [-0.2, -0.15) is 5.10 Å². The number of carbonyl (C=O) groups excluding carboxylic acids is 1. The van der Waals surface area contributed by atoms with Gasteiger partial charge >= 0.3 is 5.69 Å². The first-order chi connectivity index (χ1) is 16.6. The van der Waals surface area contributed by atoms with E-state index in [-0.39, 0.29) is 23.4 Å². The number of hydrogen-bond donors (Lipinski definition) is 2. The molecule has 0 radical (unpaired) electrons. The molecule has 0 unspecified atom stereocenters. The Bertz CT molecular complexity index is 1430. The molecule has 2 fully saturated rings. The minimum absolute atomic E-state index is 0.239. The van der Waals surface area contributed by atoms with E-state index in [1.807, 2.05) is 35.4 Å². The number of methoxy groups -OCH3 is 1. The maximum absolute atomic E-state index is 12.7. The molecule has 1 saturated heterocycles. The van der Waals surface area contributed by atoms with Crippen LogP contribution in [0.25, 0.3) is 27.7 Å². The van der Waals surface area contributed by atoms with Gasteiger partial charge < -0.3 is 14.6 Å². The second kappa shape index (κ2) is 8.20. The Morgan fingerprint density at radius 1 is 1.12 bits per heavy atom. The Morgan fingerprint density at radius 3 is 2.76 bits per heavy atom. The summed E-state index contributed by atoms with van der Waals surface area (Å²) in [6.45, 7) is 1.52. The number of fused-ring (bicyclic) bond motifs is 1. The summed E-state index contributed by atoms with van der Waals surface area (Å²) in [5.41, 5.74) is 3.49. The van der Waals surface area contributed by atoms with Gasteiger partial charge in [0, 0.05) is 37.1 Å². The van der Waals surface area contributed by atoms with Crippen molar-refractivity contribution < 1.29 is 9.53 Å². The van der Waals surface area contributed by atoms with E-state index in [1.165, 1.54) is 0 Å². The zero-order valence-corrected chi connectivity index (χ0v) is 19.1. The second-order valence-corrected chi connectivity index (χ2v) is 9.36. The molecule has 3 heterocycles. The smallest absolute Gasteiger partial charge is 0.348 e. The lowest BCUT2D eigenvalue weighted by molar-refractivity contribution is -0.131. The molecular formula is C26H27N5O3. The van der Waals surface area contributed by atoms with Crippen LogP contribution >= 0.6 is 0 Å². The number of aromatic amines is 2. The van der Waals surface area contributed by atoms with Crippen molar-refractivity contribution in [3.05, 3.63) is 65.0 Å². The van der Waals surface area contributed by atoms with Crippen LogP contribution in [0.1, 0.15) is 25.1 Å². The summed E-state index contributed by atoms with van der Waals surface area (Å²) in [4.78, 5) is 30.4. The van der Waals surface area contributed by atoms with Crippen molar-refractivity contribution in [2.45, 2.75) is 25.7 Å². The lowest BCUT2D eigenvalue weighted by atomic mass is 10.0. The van der Waals surface area contributed by atoms with E-state index in [0.29, 0.717) is 23.7 Å². The van der Waals surface area contributed by atoms with Crippen molar-refractivity contribution >= 4 is 16.8 Å². The van der Waals surface area contributed by atoms with Crippen LogP contribution in [0.2, 0.25) is 0 Å². The van der Waals surface area contributed by atoms with Crippen LogP contribution in [-0.4, -0.2) is 50.8 Å². The molecule has 8 nitrogen and oxygen atoms in total. The third-order valence-electron chi connectivity index (χ3n) is 7.05. The number of amides is 1. The lowest BCUT2D eigenvalue weighted by Gasteiger charge is -2.17. The number of rotatable bonds is 6. The summed E-state index contributed by atoms with van der Waals surface area (Å²) < 4.78 is 7.30. The number of benzene rings is 2. The third kappa shape index (κ3) is 3.69. The molecule has 2 aliphatic rings. The van der Waals surface area contributed by atoms with E-state index in [9.17, 15) is 9.59 Å². The number of hydrogen-bond acceptors (Lipinski definition) is 4. The molecule has 0 bridgehead atoms. The van der Waals surface area contributed by atoms with Crippen molar-refractivity contribution in [2.75, 3.05) is 20.2 Å². The van der Waals surface area contributed by atoms with E-state index in [4.69, 9.17) is 4.74 Å². The van der Waals surface area contributed by atoms with E-state index < -0.39 is 0 Å². The molecule has 8 heteroatoms. The van der Waals surface area contributed by atoms with Gasteiger partial charge in [0.25, 0.3) is 0 Å². The van der Waals surface area contributed by atoms with Crippen molar-refractivity contribution in [3.8, 4) is 22.6 Å². The first-order valence-corrected chi connectivity index (χ1v) is 11.8. The van der Waals surface area contributed by atoms with Crippen molar-refractivity contribution in [1.82, 2.24) is 24.6 Å². The van der Waals surface area contributed by atoms with E-state index >= 15 is 0 Å². The topological polar surface area (TPSA) is 96.0 Å². The van der Waals surface area contributed by atoms with Gasteiger partial charge in [-0.25, -0.2) is 14.5 Å². The van der Waals surface area contributed by atoms with Crippen LogP contribution in [-0.2, 0) is 11.2 Å². The number of carbonyl (C=O) groups is 1. The maximum atomic E-state index is 12.7. The summed E-state index contributed by atoms with van der Waals surface area (Å²) in [7, 11) is 1.61. The van der Waals surface area contributed by atoms with Crippen LogP contribution < -0.4 is 10.4 Å². The van der Waals surface area contributed by atoms with Crippen LogP contribution in [0.5, 0.6) is 5.75 Å². The van der Waals surface area contributed by atoms with Crippen molar-refractivity contribution in [3.63, 3.8) is 0 Å². The van der Waals surface area contributed by atoms with Gasteiger partial charge in [-0.3, -0.25) is 4.79 Å². The summed E-state index contributed by atoms with van der Waals surface area (Å²) in [5.74, 6) is 2.08. The molecule has 1 amide bonds. The molecule has 6 rings (SSSR count). The Morgan fingerprint density at radius 2 is 1.94 bits per heavy atom. The van der Waals surface area contributed by atoms with Crippen molar-refractivity contribution in [2.24, 2.45) is 11.8 Å². The number of aromatic nitrogens is 4. The SMILES string of the molecule is COc1cc(-c2ccc3cc[nH]c3c2)ccc1-n1c(C[C@@H]2CCN(C(=O)C3CC3)C2)n[nH]c1=O. The number of ether oxygens (including phenoxy) is 1. The average Bonchev–Trinajstić information content (AvgIpc) is 3.24. The molecule has 1 aliphatic carbocycles. The predicted octanol–water partition coefficient (Wildman–Crippen LogP) is 3.52. The van der Waals surface area contributed by atoms with Gasteiger partial charge in [-0.05, 0) is 66.0 Å². The second-order valence-electron chi connectivity index (χ2n) is 9.36. The third-order valence-corrected chi connectivity index (χ3v) is 7.05. The van der Waals surface area contributed by atoms with Gasteiger partial charge in [0.05, 0.1) is 12.8 Å². The predicted molar refractivity (Wildman–Crippen MR) is 129 cm³/mol. The standard InChI is InChI=1S/C26H27N5O3/c1-34-23-14-20(19-5-2-17-8-10-27-21(17)13-19)6-7-22(23)31-24(28-29-26(31)33)12-16-9-11-30(15-16)25(32)18-3-4-18/h2,5-8,10,13-14,16,18,27H,3-4,9,11-12,15H2,1H3,(H,29,33)/t16-/m0/s1. The molecule has 2 aromatic heterocycles. The molecule has 2 N–H and O–H groups in total. The Balaban J connectivity index is 1.28. The van der Waals surface area contributed by atoms with Crippen LogP contribution in [0, 0.1) is 11.8 Å². The highest BCUT2D eigenvalue weighted by Crippen LogP contribution is 2.34. The van der Waals surface area contributed by atoms with Gasteiger partial charge in [0.15, 0.2) is 0 Å². The number of nitrogens with zero attached hydrogens (tertiary/aromatic N) is 3. The van der Waals surface area contributed by atoms with E-state index in [1.54, 1.807) is 11.7 Å². The molecule has 1 saturated carbocycles. The van der Waals surface area contributed by atoms with Crippen LogP contribution in [0.4, 0.5) is 0 Å². The fraction of sp³-hybridized carbons (Fsp3) is 0.346. The molecule has 2 aromatic carbocycles. The zero-order valence-electron chi connectivity index (χ0n) is 19.1. The Labute approximate surface area is 196 Å². The molecule has 4 aromatic rings. The minimum atomic E-state index is -0.294. The Hall–Kier alpha value is -3.81. The van der Waals surface area contributed by atoms with E-state index in [0.717, 1.165) is 54.4 Å². The highest BCUT2D eigenvalue weighted by molar-refractivity contribution is 5.85. The average molecular weight is 458 g/mol. The summed E-state index contributed by atoms with van der Waals surface area (Å²) >= 11 is 0. The fourth-order valence-electron chi connectivity index (χ4n) is 5.03. The number of likely N-dealkylation sites (tertiary alicyclic amines) is 1. The van der Waals surface area contributed by atoms with Gasteiger partial charge in [-0.1, -0.05) is 18.2 Å². The molecule has 1 atom stereocenters. The van der Waals surface area contributed by atoms with Crippen LogP contribution in [0.15, 0.2) is 53.5 Å². The summed E-state index contributed by atoms with van der Waals surface area (Å²) in [6, 6.07) is 14.2. The van der Waals surface area contributed by atoms with Gasteiger partial charge in [0.2, 0.25) is 5.91 Å². The lowest BCUT2D eigenvalue weighted by Crippen LogP contribution is -2.30. The van der Waals surface area contributed by atoms with Crippen molar-refractivity contribution in [1.29, 1.82) is 0 Å². The fourth-order valence-corrected chi connectivity index (χ4v) is 5.03. The van der Waals surface area contributed by atoms with Gasteiger partial charge in [-0.15, -0.1) is 0 Å². The minimum Gasteiger partial charge on any atom is -0.495 e. The quantitative estimate of drug-likeness (QED) is 0.463. The summed E-state index contributed by atoms with van der Waals surface area (Å²) in [5, 5.41) is 8.08. The van der Waals surface area contributed by atoms with Crippen LogP contribution in [0.3, 0.4) is 0 Å². The van der Waals surface area contributed by atoms with Gasteiger partial charge in [0.1, 0.15) is 11.6 Å². The monoisotopic (exact) mass is 457 g/mol. The molecule has 174 valence electrons. The molecular weight excluding hydrogens is 430 g/mol. The first-order valence-electron chi connectivity index (χ1n) is 11.8. The molecule has 0 spiro atoms. The maximum Gasteiger partial charge on any atom is 0.348 e. The first kappa shape index (κ1) is 20.8. The highest BCUT2D eigenvalue weighted by atomic mass is 16.5. The normalized spacial score (nSPS) is 18.0. The largest absolute Gasteiger partial charge is 0.495 e.